The van der Waals surface area contributed by atoms with Crippen LogP contribution >= 0.6 is 11.8 Å². The average Bonchev–Trinajstić information content (AvgIpc) is 2.94. The minimum Gasteiger partial charge on any atom is -0.469 e. The average molecular weight is 325 g/mol. The fourth-order valence-corrected chi connectivity index (χ4v) is 2.49. The maximum Gasteiger partial charge on any atom is 0.343 e. The summed E-state index contributed by atoms with van der Waals surface area (Å²) in [6.07, 6.45) is 3.12. The van der Waals surface area contributed by atoms with Crippen LogP contribution < -0.4 is 4.90 Å². The lowest BCUT2D eigenvalue weighted by Crippen LogP contribution is -2.29. The van der Waals surface area contributed by atoms with Crippen molar-refractivity contribution >= 4 is 35.4 Å². The van der Waals surface area contributed by atoms with Crippen LogP contribution in [0.3, 0.4) is 0 Å². The first-order valence-electron chi connectivity index (χ1n) is 6.39. The van der Waals surface area contributed by atoms with Gasteiger partial charge in [0, 0.05) is 19.2 Å². The Bertz CT molecular complexity index is 622. The maximum absolute atomic E-state index is 12.2. The molecule has 0 aromatic carbocycles. The van der Waals surface area contributed by atoms with E-state index in [9.17, 15) is 14.4 Å². The largest absolute Gasteiger partial charge is 0.469 e. The van der Waals surface area contributed by atoms with Gasteiger partial charge in [-0.05, 0) is 6.26 Å². The van der Waals surface area contributed by atoms with Crippen molar-refractivity contribution in [2.75, 3.05) is 31.9 Å². The van der Waals surface area contributed by atoms with Crippen LogP contribution in [0.2, 0.25) is 0 Å². The van der Waals surface area contributed by atoms with Gasteiger partial charge in [0.15, 0.2) is 11.0 Å². The Hall–Kier alpha value is -2.16. The van der Waals surface area contributed by atoms with Gasteiger partial charge in [0.2, 0.25) is 5.91 Å². The molecule has 2 rings (SSSR count). The van der Waals surface area contributed by atoms with Crippen LogP contribution in [0, 0.1) is 5.92 Å². The van der Waals surface area contributed by atoms with Gasteiger partial charge in [0.05, 0.1) is 20.1 Å². The van der Waals surface area contributed by atoms with E-state index in [-0.39, 0.29) is 30.3 Å². The third-order valence-corrected chi connectivity index (χ3v) is 3.81. The van der Waals surface area contributed by atoms with E-state index < -0.39 is 17.9 Å². The van der Waals surface area contributed by atoms with Crippen LogP contribution in [0.5, 0.6) is 0 Å². The summed E-state index contributed by atoms with van der Waals surface area (Å²) in [4.78, 5) is 45.1. The van der Waals surface area contributed by atoms with Crippen LogP contribution in [0.1, 0.15) is 16.8 Å². The molecule has 1 amide bonds. The van der Waals surface area contributed by atoms with Crippen LogP contribution in [0.15, 0.2) is 11.4 Å². The van der Waals surface area contributed by atoms with E-state index in [1.54, 1.807) is 6.26 Å². The van der Waals surface area contributed by atoms with E-state index in [4.69, 9.17) is 0 Å². The topological polar surface area (TPSA) is 98.7 Å². The molecule has 22 heavy (non-hydrogen) atoms. The van der Waals surface area contributed by atoms with Crippen molar-refractivity contribution in [1.29, 1.82) is 0 Å². The van der Waals surface area contributed by atoms with Crippen molar-refractivity contribution in [3.63, 3.8) is 0 Å². The standard InChI is InChI=1S/C13H15N3O5S/c1-20-11(18)7-4-9(17)16(6-7)10-8(12(19)21-2)5-14-13(15-10)22-3/h5,7H,4,6H2,1-3H3. The minimum atomic E-state index is -0.642. The monoisotopic (exact) mass is 325 g/mol. The Kier molecular flexibility index (Phi) is 4.96. The van der Waals surface area contributed by atoms with Gasteiger partial charge in [-0.1, -0.05) is 11.8 Å². The third kappa shape index (κ3) is 3.03. The van der Waals surface area contributed by atoms with Gasteiger partial charge in [-0.2, -0.15) is 0 Å². The Morgan fingerprint density at radius 3 is 2.68 bits per heavy atom. The highest BCUT2D eigenvalue weighted by Crippen LogP contribution is 2.28. The molecule has 1 aromatic rings. The number of nitrogens with zero attached hydrogens (tertiary/aromatic N) is 3. The van der Waals surface area contributed by atoms with Gasteiger partial charge in [0.1, 0.15) is 5.56 Å². The quantitative estimate of drug-likeness (QED) is 0.448. The van der Waals surface area contributed by atoms with E-state index in [1.807, 2.05) is 0 Å². The Morgan fingerprint density at radius 2 is 2.09 bits per heavy atom. The number of anilines is 1. The van der Waals surface area contributed by atoms with E-state index in [2.05, 4.69) is 19.4 Å². The predicted molar refractivity (Wildman–Crippen MR) is 77.6 cm³/mol. The van der Waals surface area contributed by atoms with Crippen LogP contribution in [0.25, 0.3) is 0 Å². The van der Waals surface area contributed by atoms with Crippen LogP contribution in [-0.2, 0) is 19.1 Å². The second-order valence-electron chi connectivity index (χ2n) is 4.51. The van der Waals surface area contributed by atoms with Crippen molar-refractivity contribution in [3.8, 4) is 0 Å². The molecule has 118 valence electrons. The Morgan fingerprint density at radius 1 is 1.36 bits per heavy atom. The fourth-order valence-electron chi connectivity index (χ4n) is 2.15. The van der Waals surface area contributed by atoms with E-state index in [0.29, 0.717) is 5.16 Å². The zero-order valence-corrected chi connectivity index (χ0v) is 13.2. The van der Waals surface area contributed by atoms with Crippen LogP contribution in [-0.4, -0.2) is 54.8 Å². The fraction of sp³-hybridized carbons (Fsp3) is 0.462. The van der Waals surface area contributed by atoms with Crippen molar-refractivity contribution in [1.82, 2.24) is 9.97 Å². The number of methoxy groups -OCH3 is 2. The van der Waals surface area contributed by atoms with Gasteiger partial charge < -0.3 is 9.47 Å². The molecule has 0 saturated carbocycles. The molecule has 0 aliphatic carbocycles. The van der Waals surface area contributed by atoms with E-state index in [1.165, 1.54) is 37.1 Å². The van der Waals surface area contributed by atoms with E-state index >= 15 is 0 Å². The smallest absolute Gasteiger partial charge is 0.343 e. The minimum absolute atomic E-state index is 0.0197. The van der Waals surface area contributed by atoms with Crippen LogP contribution in [0.4, 0.5) is 5.82 Å². The molecular formula is C13H15N3O5S. The summed E-state index contributed by atoms with van der Waals surface area (Å²) in [5.41, 5.74) is 0.0826. The van der Waals surface area contributed by atoms with Gasteiger partial charge >= 0.3 is 11.9 Å². The number of carbonyl (C=O) groups excluding carboxylic acids is 3. The lowest BCUT2D eigenvalue weighted by molar-refractivity contribution is -0.145. The molecule has 1 aliphatic rings. The maximum atomic E-state index is 12.2. The Labute approximate surface area is 131 Å². The SMILES string of the molecule is COC(=O)c1cnc(SC)nc1N1CC(C(=O)OC)CC1=O. The Balaban J connectivity index is 2.40. The number of carbonyl (C=O) groups is 3. The number of esters is 2. The van der Waals surface area contributed by atoms with Gasteiger partial charge in [-0.3, -0.25) is 14.5 Å². The van der Waals surface area contributed by atoms with Gasteiger partial charge in [-0.15, -0.1) is 0 Å². The molecule has 8 nitrogen and oxygen atoms in total. The van der Waals surface area contributed by atoms with Gasteiger partial charge in [0.25, 0.3) is 0 Å². The number of rotatable bonds is 4. The number of aromatic nitrogens is 2. The molecule has 0 N–H and O–H groups in total. The molecule has 1 aromatic heterocycles. The first kappa shape index (κ1) is 16.2. The number of thioether (sulfide) groups is 1. The first-order valence-corrected chi connectivity index (χ1v) is 7.61. The molecule has 9 heteroatoms. The summed E-state index contributed by atoms with van der Waals surface area (Å²) in [5.74, 6) is -1.82. The molecule has 1 atom stereocenters. The van der Waals surface area contributed by atoms with Gasteiger partial charge in [-0.25, -0.2) is 14.8 Å². The van der Waals surface area contributed by atoms with Crippen molar-refractivity contribution in [2.24, 2.45) is 5.92 Å². The molecule has 1 fully saturated rings. The second kappa shape index (κ2) is 6.73. The number of ether oxygens (including phenoxy) is 2. The molecule has 1 unspecified atom stereocenters. The molecule has 2 heterocycles. The number of hydrogen-bond acceptors (Lipinski definition) is 8. The summed E-state index contributed by atoms with van der Waals surface area (Å²) in [7, 11) is 2.50. The first-order chi connectivity index (χ1) is 10.5. The molecule has 1 saturated heterocycles. The summed E-state index contributed by atoms with van der Waals surface area (Å²) in [6, 6.07) is 0. The van der Waals surface area contributed by atoms with Crippen molar-refractivity contribution in [3.05, 3.63) is 11.8 Å². The zero-order chi connectivity index (χ0) is 16.3. The van der Waals surface area contributed by atoms with Crippen molar-refractivity contribution in [2.45, 2.75) is 11.6 Å². The lowest BCUT2D eigenvalue weighted by atomic mass is 10.1. The third-order valence-electron chi connectivity index (χ3n) is 3.25. The summed E-state index contributed by atoms with van der Waals surface area (Å²) in [6.45, 7) is 0.111. The molecular weight excluding hydrogens is 310 g/mol. The highest BCUT2D eigenvalue weighted by Gasteiger charge is 2.38. The highest BCUT2D eigenvalue weighted by atomic mass is 32.2. The summed E-state index contributed by atoms with van der Waals surface area (Å²) in [5, 5.41) is 0.414. The zero-order valence-electron chi connectivity index (χ0n) is 12.4. The number of hydrogen-bond donors (Lipinski definition) is 0. The molecule has 0 spiro atoms. The lowest BCUT2D eigenvalue weighted by Gasteiger charge is -2.18. The van der Waals surface area contributed by atoms with E-state index in [0.717, 1.165) is 0 Å². The number of amides is 1. The molecule has 0 radical (unpaired) electrons. The van der Waals surface area contributed by atoms with Crippen molar-refractivity contribution < 1.29 is 23.9 Å². The summed E-state index contributed by atoms with van der Waals surface area (Å²) >= 11 is 1.28. The molecule has 0 bridgehead atoms. The predicted octanol–water partition coefficient (Wildman–Crippen LogP) is 0.511. The normalized spacial score (nSPS) is 17.5. The summed E-state index contributed by atoms with van der Waals surface area (Å²) < 4.78 is 9.35. The second-order valence-corrected chi connectivity index (χ2v) is 5.29. The highest BCUT2D eigenvalue weighted by molar-refractivity contribution is 7.98. The molecule has 1 aliphatic heterocycles.